The Labute approximate surface area is 161 Å². The van der Waals surface area contributed by atoms with Gasteiger partial charge in [-0.25, -0.2) is 13.4 Å². The summed E-state index contributed by atoms with van der Waals surface area (Å²) in [4.78, 5) is 18.8. The van der Waals surface area contributed by atoms with Crippen molar-refractivity contribution in [3.63, 3.8) is 0 Å². The van der Waals surface area contributed by atoms with Gasteiger partial charge < -0.3 is 9.64 Å². The molecule has 0 aliphatic carbocycles. The fourth-order valence-corrected chi connectivity index (χ4v) is 5.10. The average Bonchev–Trinajstić information content (AvgIpc) is 3.07. The number of thiazole rings is 1. The van der Waals surface area contributed by atoms with Crippen molar-refractivity contribution in [2.75, 3.05) is 23.7 Å². The van der Waals surface area contributed by atoms with Crippen molar-refractivity contribution in [2.45, 2.75) is 17.4 Å². The van der Waals surface area contributed by atoms with E-state index in [1.807, 2.05) is 24.3 Å². The summed E-state index contributed by atoms with van der Waals surface area (Å²) in [5.74, 6) is -0.729. The molecule has 140 valence electrons. The van der Waals surface area contributed by atoms with Crippen molar-refractivity contribution >= 4 is 42.5 Å². The number of benzene rings is 2. The lowest BCUT2D eigenvalue weighted by atomic mass is 10.2. The van der Waals surface area contributed by atoms with Crippen molar-refractivity contribution in [1.82, 2.24) is 4.98 Å². The number of fused-ring (bicyclic) bond motifs is 1. The molecule has 0 unspecified atom stereocenters. The normalized spacial score (nSPS) is 14.9. The van der Waals surface area contributed by atoms with Crippen LogP contribution in [0.4, 0.5) is 5.13 Å². The van der Waals surface area contributed by atoms with Gasteiger partial charge in [0.1, 0.15) is 6.10 Å². The van der Waals surface area contributed by atoms with Crippen LogP contribution in [0.15, 0.2) is 59.5 Å². The van der Waals surface area contributed by atoms with Crippen LogP contribution in [0.1, 0.15) is 6.42 Å². The molecule has 2 heterocycles. The van der Waals surface area contributed by atoms with Crippen molar-refractivity contribution in [3.05, 3.63) is 54.6 Å². The number of rotatable bonds is 6. The van der Waals surface area contributed by atoms with Crippen molar-refractivity contribution < 1.29 is 17.9 Å². The van der Waals surface area contributed by atoms with E-state index in [0.717, 1.165) is 15.3 Å². The van der Waals surface area contributed by atoms with Gasteiger partial charge in [-0.1, -0.05) is 41.7 Å². The Bertz CT molecular complexity index is 1020. The van der Waals surface area contributed by atoms with Crippen LogP contribution in [0.25, 0.3) is 10.2 Å². The van der Waals surface area contributed by atoms with Crippen molar-refractivity contribution in [3.8, 4) is 0 Å². The Morgan fingerprint density at radius 3 is 2.56 bits per heavy atom. The predicted octanol–water partition coefficient (Wildman–Crippen LogP) is 2.89. The number of hydrogen-bond acceptors (Lipinski definition) is 7. The fraction of sp³-hybridized carbons (Fsp3) is 0.263. The van der Waals surface area contributed by atoms with Gasteiger partial charge >= 0.3 is 5.97 Å². The number of nitrogens with zero attached hydrogens (tertiary/aromatic N) is 2. The van der Waals surface area contributed by atoms with Gasteiger partial charge in [-0.3, -0.25) is 4.79 Å². The van der Waals surface area contributed by atoms with Crippen molar-refractivity contribution in [1.29, 1.82) is 0 Å². The van der Waals surface area contributed by atoms with Gasteiger partial charge in [0.15, 0.2) is 15.0 Å². The molecule has 1 fully saturated rings. The van der Waals surface area contributed by atoms with Crippen LogP contribution < -0.4 is 4.90 Å². The maximum absolute atomic E-state index is 12.2. The number of esters is 1. The second kappa shape index (κ2) is 7.28. The highest BCUT2D eigenvalue weighted by atomic mass is 32.2. The molecule has 3 aromatic rings. The van der Waals surface area contributed by atoms with E-state index in [-0.39, 0.29) is 23.2 Å². The zero-order valence-corrected chi connectivity index (χ0v) is 16.1. The minimum Gasteiger partial charge on any atom is -0.459 e. The first-order chi connectivity index (χ1) is 13.0. The monoisotopic (exact) mass is 402 g/mol. The molecule has 0 amide bonds. The summed E-state index contributed by atoms with van der Waals surface area (Å²) < 4.78 is 30.9. The van der Waals surface area contributed by atoms with Gasteiger partial charge in [-0.05, 0) is 24.3 Å². The average molecular weight is 402 g/mol. The first-order valence-corrected chi connectivity index (χ1v) is 11.1. The summed E-state index contributed by atoms with van der Waals surface area (Å²) in [6.45, 7) is 1.16. The molecule has 2 aromatic carbocycles. The Balaban J connectivity index is 1.27. The number of carbonyl (C=O) groups is 1. The molecule has 0 N–H and O–H groups in total. The number of para-hydroxylation sites is 1. The van der Waals surface area contributed by atoms with E-state index >= 15 is 0 Å². The third-order valence-electron chi connectivity index (χ3n) is 4.38. The SMILES string of the molecule is O=C(CCS(=O)(=O)c1ccccc1)OC1CN(c2nc3ccccc3s2)C1. The summed E-state index contributed by atoms with van der Waals surface area (Å²) in [7, 11) is -3.47. The largest absolute Gasteiger partial charge is 0.459 e. The zero-order valence-electron chi connectivity index (χ0n) is 14.4. The summed E-state index contributed by atoms with van der Waals surface area (Å²) >= 11 is 1.61. The molecule has 6 nitrogen and oxygen atoms in total. The lowest BCUT2D eigenvalue weighted by Gasteiger charge is -2.38. The molecule has 0 atom stereocenters. The number of carbonyl (C=O) groups excluding carboxylic acids is 1. The molecule has 0 radical (unpaired) electrons. The van der Waals surface area contributed by atoms with Gasteiger partial charge in [0.25, 0.3) is 0 Å². The summed E-state index contributed by atoms with van der Waals surface area (Å²) in [5, 5.41) is 0.912. The molecule has 1 aromatic heterocycles. The minimum atomic E-state index is -3.47. The number of ether oxygens (including phenoxy) is 1. The molecule has 1 aliphatic rings. The quantitative estimate of drug-likeness (QED) is 0.590. The first-order valence-electron chi connectivity index (χ1n) is 8.59. The Morgan fingerprint density at radius 1 is 1.11 bits per heavy atom. The van der Waals surface area contributed by atoms with E-state index in [2.05, 4.69) is 9.88 Å². The summed E-state index contributed by atoms with van der Waals surface area (Å²) in [6.07, 6.45) is -0.363. The molecule has 4 rings (SSSR count). The number of anilines is 1. The van der Waals surface area contributed by atoms with E-state index in [1.165, 1.54) is 12.1 Å². The van der Waals surface area contributed by atoms with Crippen LogP contribution in [0.3, 0.4) is 0 Å². The summed E-state index contributed by atoms with van der Waals surface area (Å²) in [6, 6.07) is 16.1. The number of sulfone groups is 1. The topological polar surface area (TPSA) is 76.6 Å². The molecule has 1 saturated heterocycles. The smallest absolute Gasteiger partial charge is 0.307 e. The molecule has 27 heavy (non-hydrogen) atoms. The van der Waals surface area contributed by atoms with Gasteiger partial charge in [0, 0.05) is 0 Å². The molecular weight excluding hydrogens is 384 g/mol. The third-order valence-corrected chi connectivity index (χ3v) is 7.21. The molecule has 0 bridgehead atoms. The maximum Gasteiger partial charge on any atom is 0.307 e. The third kappa shape index (κ3) is 3.96. The lowest BCUT2D eigenvalue weighted by molar-refractivity contribution is -0.149. The molecule has 0 spiro atoms. The molecular formula is C19H18N2O4S2. The van der Waals surface area contributed by atoms with E-state index in [0.29, 0.717) is 13.1 Å². The molecule has 8 heteroatoms. The highest BCUT2D eigenvalue weighted by Gasteiger charge is 2.32. The number of aromatic nitrogens is 1. The second-order valence-electron chi connectivity index (χ2n) is 6.36. The Morgan fingerprint density at radius 2 is 1.81 bits per heavy atom. The zero-order chi connectivity index (χ0) is 18.9. The Kier molecular flexibility index (Phi) is 4.84. The van der Waals surface area contributed by atoms with Crippen LogP contribution in [-0.2, 0) is 19.4 Å². The van der Waals surface area contributed by atoms with Crippen LogP contribution in [-0.4, -0.2) is 44.3 Å². The molecule has 1 aliphatic heterocycles. The first kappa shape index (κ1) is 17.9. The standard InChI is InChI=1S/C19H18N2O4S2/c22-18(10-11-27(23,24)15-6-2-1-3-7-15)25-14-12-21(13-14)19-20-16-8-4-5-9-17(16)26-19/h1-9,14H,10-13H2. The van der Waals surface area contributed by atoms with E-state index in [4.69, 9.17) is 4.74 Å². The highest BCUT2D eigenvalue weighted by molar-refractivity contribution is 7.91. The van der Waals surface area contributed by atoms with Crippen LogP contribution in [0, 0.1) is 0 Å². The van der Waals surface area contributed by atoms with Crippen LogP contribution >= 0.6 is 11.3 Å². The van der Waals surface area contributed by atoms with Gasteiger partial charge in [0.05, 0.1) is 40.4 Å². The van der Waals surface area contributed by atoms with Crippen LogP contribution in [0.5, 0.6) is 0 Å². The predicted molar refractivity (Wildman–Crippen MR) is 105 cm³/mol. The summed E-state index contributed by atoms with van der Waals surface area (Å²) in [5.41, 5.74) is 0.962. The van der Waals surface area contributed by atoms with E-state index in [1.54, 1.807) is 29.5 Å². The van der Waals surface area contributed by atoms with Gasteiger partial charge in [-0.15, -0.1) is 0 Å². The van der Waals surface area contributed by atoms with E-state index in [9.17, 15) is 13.2 Å². The van der Waals surface area contributed by atoms with Gasteiger partial charge in [-0.2, -0.15) is 0 Å². The minimum absolute atomic E-state index is 0.144. The van der Waals surface area contributed by atoms with E-state index < -0.39 is 15.8 Å². The number of hydrogen-bond donors (Lipinski definition) is 0. The maximum atomic E-state index is 12.2. The van der Waals surface area contributed by atoms with Crippen LogP contribution in [0.2, 0.25) is 0 Å². The fourth-order valence-electron chi connectivity index (χ4n) is 2.87. The highest BCUT2D eigenvalue weighted by Crippen LogP contribution is 2.31. The van der Waals surface area contributed by atoms with Gasteiger partial charge in [0.2, 0.25) is 0 Å². The lowest BCUT2D eigenvalue weighted by Crippen LogP contribution is -2.53. The molecule has 0 saturated carbocycles. The second-order valence-corrected chi connectivity index (χ2v) is 9.48. The Hall–Kier alpha value is -2.45. The van der Waals surface area contributed by atoms with Crippen molar-refractivity contribution in [2.24, 2.45) is 0 Å².